The number of fused-ring (bicyclic) bond motifs is 16. The summed E-state index contributed by atoms with van der Waals surface area (Å²) < 4.78 is 21.9. The van der Waals surface area contributed by atoms with Crippen molar-refractivity contribution in [3.63, 3.8) is 0 Å². The number of benzene rings is 10. The second-order valence-electron chi connectivity index (χ2n) is 17.5. The van der Waals surface area contributed by atoms with Crippen LogP contribution in [0.15, 0.2) is 212 Å². The molecule has 306 valence electrons. The molecule has 15 rings (SSSR count). The molecule has 6 heteroatoms. The summed E-state index contributed by atoms with van der Waals surface area (Å²) in [5.41, 5.74) is 14.7. The molecule has 0 amide bonds. The molecule has 3 aromatic heterocycles. The van der Waals surface area contributed by atoms with Crippen LogP contribution in [0, 0.1) is 0 Å². The fourth-order valence-electron chi connectivity index (χ4n) is 11.2. The van der Waals surface area contributed by atoms with Crippen LogP contribution in [0.2, 0.25) is 0 Å². The van der Waals surface area contributed by atoms with Gasteiger partial charge in [-0.15, -0.1) is 11.3 Å². The Morgan fingerprint density at radius 1 is 0.364 bits per heavy atom. The molecular weight excluding hydrogens is 824 g/mol. The number of rotatable bonds is 4. The van der Waals surface area contributed by atoms with Crippen LogP contribution in [0.5, 0.6) is 23.0 Å². The van der Waals surface area contributed by atoms with E-state index in [1.807, 2.05) is 11.3 Å². The fourth-order valence-corrected chi connectivity index (χ4v) is 12.5. The van der Waals surface area contributed by atoms with E-state index in [4.69, 9.17) is 9.47 Å². The lowest BCUT2D eigenvalue weighted by Crippen LogP contribution is -2.57. The molecular formula is C60H35BN2O2S. The molecule has 0 spiro atoms. The van der Waals surface area contributed by atoms with Gasteiger partial charge in [0.2, 0.25) is 0 Å². The van der Waals surface area contributed by atoms with Crippen LogP contribution >= 0.6 is 11.3 Å². The van der Waals surface area contributed by atoms with E-state index in [0.717, 1.165) is 78.5 Å². The van der Waals surface area contributed by atoms with E-state index >= 15 is 0 Å². The second kappa shape index (κ2) is 13.6. The van der Waals surface area contributed by atoms with E-state index in [1.165, 1.54) is 58.3 Å². The first-order valence-electron chi connectivity index (χ1n) is 22.5. The molecule has 66 heavy (non-hydrogen) atoms. The molecule has 0 atom stereocenters. The minimum Gasteiger partial charge on any atom is -0.458 e. The summed E-state index contributed by atoms with van der Waals surface area (Å²) in [6.07, 6.45) is 0. The predicted molar refractivity (Wildman–Crippen MR) is 277 cm³/mol. The molecule has 4 nitrogen and oxygen atoms in total. The highest BCUT2D eigenvalue weighted by Crippen LogP contribution is 2.52. The maximum atomic E-state index is 7.19. The lowest BCUT2D eigenvalue weighted by molar-refractivity contribution is 0.464. The van der Waals surface area contributed by atoms with Crippen LogP contribution in [0.3, 0.4) is 0 Å². The molecule has 10 aromatic carbocycles. The number of thiophene rings is 1. The van der Waals surface area contributed by atoms with E-state index in [0.29, 0.717) is 0 Å². The largest absolute Gasteiger partial charge is 0.458 e. The van der Waals surface area contributed by atoms with E-state index in [-0.39, 0.29) is 6.71 Å². The average molecular weight is 859 g/mol. The third-order valence-electron chi connectivity index (χ3n) is 14.0. The van der Waals surface area contributed by atoms with Gasteiger partial charge in [-0.3, -0.25) is 0 Å². The number of hydrogen-bond donors (Lipinski definition) is 0. The van der Waals surface area contributed by atoms with Gasteiger partial charge >= 0.3 is 0 Å². The van der Waals surface area contributed by atoms with Crippen molar-refractivity contribution in [3.05, 3.63) is 212 Å². The first-order chi connectivity index (χ1) is 32.7. The molecule has 13 aromatic rings. The number of nitrogens with zero attached hydrogens (tertiary/aromatic N) is 2. The quantitative estimate of drug-likeness (QED) is 0.165. The van der Waals surface area contributed by atoms with Gasteiger partial charge < -0.3 is 18.6 Å². The Hall–Kier alpha value is -8.32. The predicted octanol–water partition coefficient (Wildman–Crippen LogP) is 14.3. The van der Waals surface area contributed by atoms with Gasteiger partial charge in [0.15, 0.2) is 0 Å². The second-order valence-corrected chi connectivity index (χ2v) is 18.6. The summed E-state index contributed by atoms with van der Waals surface area (Å²) >= 11 is 1.89. The highest BCUT2D eigenvalue weighted by Gasteiger charge is 2.41. The molecule has 0 fully saturated rings. The zero-order chi connectivity index (χ0) is 43.0. The van der Waals surface area contributed by atoms with Gasteiger partial charge in [0.05, 0.1) is 27.8 Å². The van der Waals surface area contributed by atoms with Crippen molar-refractivity contribution < 1.29 is 9.47 Å². The molecule has 5 heterocycles. The Labute approximate surface area is 383 Å². The molecule has 0 aliphatic carbocycles. The molecule has 0 saturated carbocycles. The lowest BCUT2D eigenvalue weighted by atomic mass is 9.34. The molecule has 0 saturated heterocycles. The molecule has 0 bridgehead atoms. The van der Waals surface area contributed by atoms with Crippen molar-refractivity contribution in [2.24, 2.45) is 0 Å². The standard InChI is InChI=1S/C60H35BN2O2S/c1-4-16-36(17-5-1)38-28-30-45-49(32-38)64-51-34-41(35-52-57(51)61(45)46-31-29-39(33-50(46)65-52)37-18-6-2-7-19-37)63-48-26-14-11-23-43(48)55-58(63)54-42-22-10-13-25-47(42)62(40-20-8-3-9-21-40)59(54)56-44-24-12-15-27-53(44)66-60(55)56/h1-35H. The van der Waals surface area contributed by atoms with Gasteiger partial charge in [-0.1, -0.05) is 158 Å². The molecule has 0 unspecified atom stereocenters. The van der Waals surface area contributed by atoms with Crippen LogP contribution in [0.25, 0.3) is 97.4 Å². The smallest absolute Gasteiger partial charge is 0.260 e. The molecule has 2 aliphatic rings. The minimum atomic E-state index is -0.0851. The zero-order valence-corrected chi connectivity index (χ0v) is 36.2. The Morgan fingerprint density at radius 2 is 0.833 bits per heavy atom. The number of ether oxygens (including phenoxy) is 2. The van der Waals surface area contributed by atoms with Crippen molar-refractivity contribution in [2.75, 3.05) is 0 Å². The summed E-state index contributed by atoms with van der Waals surface area (Å²) in [4.78, 5) is 0. The van der Waals surface area contributed by atoms with E-state index < -0.39 is 0 Å². The summed E-state index contributed by atoms with van der Waals surface area (Å²) in [7, 11) is 0. The van der Waals surface area contributed by atoms with Crippen LogP contribution in [-0.2, 0) is 0 Å². The van der Waals surface area contributed by atoms with Crippen molar-refractivity contribution >= 4 is 98.2 Å². The van der Waals surface area contributed by atoms with Gasteiger partial charge in [0, 0.05) is 65.0 Å². The normalized spacial score (nSPS) is 12.8. The maximum Gasteiger partial charge on any atom is 0.260 e. The monoisotopic (exact) mass is 858 g/mol. The maximum absolute atomic E-state index is 7.19. The molecule has 0 radical (unpaired) electrons. The van der Waals surface area contributed by atoms with E-state index in [9.17, 15) is 0 Å². The zero-order valence-electron chi connectivity index (χ0n) is 35.4. The van der Waals surface area contributed by atoms with Gasteiger partial charge in [0.25, 0.3) is 6.71 Å². The Morgan fingerprint density at radius 3 is 1.42 bits per heavy atom. The van der Waals surface area contributed by atoms with Gasteiger partial charge in [-0.25, -0.2) is 0 Å². The molecule has 2 aliphatic heterocycles. The third kappa shape index (κ3) is 4.99. The van der Waals surface area contributed by atoms with E-state index in [2.05, 4.69) is 221 Å². The highest BCUT2D eigenvalue weighted by atomic mass is 32.1. The summed E-state index contributed by atoms with van der Waals surface area (Å²) in [5, 5.41) is 7.45. The van der Waals surface area contributed by atoms with Crippen molar-refractivity contribution in [1.29, 1.82) is 0 Å². The summed E-state index contributed by atoms with van der Waals surface area (Å²) in [6, 6.07) is 76.7. The summed E-state index contributed by atoms with van der Waals surface area (Å²) in [5.74, 6) is 3.33. The highest BCUT2D eigenvalue weighted by molar-refractivity contribution is 7.27. The SMILES string of the molecule is c1ccc(-c2ccc3c(c2)Oc2cc(-n4c5ccccc5c5c6sc7ccccc7c6c6c(c7ccccc7n6-c6ccccc6)c54)cc4c2B3c2ccc(-c3ccccc3)cc2O4)cc1. The Kier molecular flexibility index (Phi) is 7.43. The van der Waals surface area contributed by atoms with Crippen LogP contribution in [0.4, 0.5) is 0 Å². The van der Waals surface area contributed by atoms with Gasteiger partial charge in [-0.05, 0) is 75.6 Å². The van der Waals surface area contributed by atoms with Crippen molar-refractivity contribution in [2.45, 2.75) is 0 Å². The van der Waals surface area contributed by atoms with Crippen molar-refractivity contribution in [1.82, 2.24) is 9.13 Å². The topological polar surface area (TPSA) is 28.3 Å². The number of para-hydroxylation sites is 3. The lowest BCUT2D eigenvalue weighted by Gasteiger charge is -2.34. The van der Waals surface area contributed by atoms with Gasteiger partial charge in [0.1, 0.15) is 23.0 Å². The number of hydrogen-bond acceptors (Lipinski definition) is 3. The fraction of sp³-hybridized carbons (Fsp3) is 0. The number of aromatic nitrogens is 2. The first kappa shape index (κ1) is 36.1. The van der Waals surface area contributed by atoms with Crippen LogP contribution in [0.1, 0.15) is 0 Å². The van der Waals surface area contributed by atoms with E-state index in [1.54, 1.807) is 0 Å². The van der Waals surface area contributed by atoms with Crippen LogP contribution < -0.4 is 25.9 Å². The van der Waals surface area contributed by atoms with Gasteiger partial charge in [-0.2, -0.15) is 0 Å². The molecule has 0 N–H and O–H groups in total. The van der Waals surface area contributed by atoms with Crippen LogP contribution in [-0.4, -0.2) is 15.8 Å². The van der Waals surface area contributed by atoms with Crippen molar-refractivity contribution in [3.8, 4) is 56.6 Å². The Bertz CT molecular complexity index is 4060. The average Bonchev–Trinajstić information content (AvgIpc) is 4.05. The third-order valence-corrected chi connectivity index (χ3v) is 15.2. The Balaban J connectivity index is 1.07. The first-order valence-corrected chi connectivity index (χ1v) is 23.3. The summed E-state index contributed by atoms with van der Waals surface area (Å²) in [6.45, 7) is -0.0851. The minimum absolute atomic E-state index is 0.0851.